The van der Waals surface area contributed by atoms with Crippen LogP contribution >= 0.6 is 0 Å². The second-order valence-electron chi connectivity index (χ2n) is 7.05. The van der Waals surface area contributed by atoms with Gasteiger partial charge in [0.05, 0.1) is 6.61 Å². The van der Waals surface area contributed by atoms with Crippen LogP contribution in [-0.2, 0) is 9.59 Å². The summed E-state index contributed by atoms with van der Waals surface area (Å²) in [5, 5.41) is 0. The first-order valence-electron chi connectivity index (χ1n) is 9.20. The minimum absolute atomic E-state index is 0.0177. The van der Waals surface area contributed by atoms with Crippen molar-refractivity contribution < 1.29 is 27.5 Å². The number of benzene rings is 1. The van der Waals surface area contributed by atoms with Crippen LogP contribution in [-0.4, -0.2) is 60.1 Å². The average molecular weight is 384 g/mol. The first kappa shape index (κ1) is 19.5. The van der Waals surface area contributed by atoms with Gasteiger partial charge in [-0.1, -0.05) is 18.2 Å². The highest BCUT2D eigenvalue weighted by Crippen LogP contribution is 2.28. The number of rotatable bonds is 4. The van der Waals surface area contributed by atoms with Crippen LogP contribution in [0.3, 0.4) is 0 Å². The lowest BCUT2D eigenvalue weighted by Gasteiger charge is -2.35. The topological polar surface area (TPSA) is 49.9 Å². The zero-order chi connectivity index (χ0) is 19.4. The fourth-order valence-corrected chi connectivity index (χ4v) is 3.69. The van der Waals surface area contributed by atoms with Crippen molar-refractivity contribution in [3.05, 3.63) is 30.3 Å². The molecule has 2 aliphatic heterocycles. The predicted molar refractivity (Wildman–Crippen MR) is 92.0 cm³/mol. The summed E-state index contributed by atoms with van der Waals surface area (Å²) in [6.45, 7) is 1.49. The monoisotopic (exact) mass is 384 g/mol. The molecular formula is C19H23F3N2O3. The van der Waals surface area contributed by atoms with Crippen molar-refractivity contribution >= 4 is 11.8 Å². The Morgan fingerprint density at radius 3 is 2.33 bits per heavy atom. The van der Waals surface area contributed by atoms with Gasteiger partial charge >= 0.3 is 12.1 Å². The number of amides is 2. The molecule has 148 valence electrons. The number of piperidine rings is 1. The average Bonchev–Trinajstić information content (AvgIpc) is 3.15. The van der Waals surface area contributed by atoms with E-state index in [4.69, 9.17) is 4.74 Å². The van der Waals surface area contributed by atoms with E-state index in [-0.39, 0.29) is 18.9 Å². The van der Waals surface area contributed by atoms with E-state index in [1.165, 1.54) is 0 Å². The van der Waals surface area contributed by atoms with Crippen molar-refractivity contribution in [2.75, 3.05) is 26.2 Å². The number of likely N-dealkylation sites (tertiary alicyclic amines) is 2. The van der Waals surface area contributed by atoms with Gasteiger partial charge in [0.15, 0.2) is 0 Å². The minimum atomic E-state index is -4.94. The molecule has 0 radical (unpaired) electrons. The molecule has 2 fully saturated rings. The van der Waals surface area contributed by atoms with E-state index >= 15 is 0 Å². The van der Waals surface area contributed by atoms with Crippen molar-refractivity contribution in [2.45, 2.75) is 37.9 Å². The largest absolute Gasteiger partial charge is 0.493 e. The van der Waals surface area contributed by atoms with Gasteiger partial charge in [0.25, 0.3) is 0 Å². The predicted octanol–water partition coefficient (Wildman–Crippen LogP) is 2.86. The lowest BCUT2D eigenvalue weighted by Crippen LogP contribution is -2.52. The van der Waals surface area contributed by atoms with Crippen molar-refractivity contribution in [3.8, 4) is 5.75 Å². The van der Waals surface area contributed by atoms with Crippen LogP contribution in [0, 0.1) is 5.92 Å². The van der Waals surface area contributed by atoms with Crippen molar-refractivity contribution in [3.63, 3.8) is 0 Å². The van der Waals surface area contributed by atoms with E-state index in [9.17, 15) is 22.8 Å². The normalized spacial score (nSPS) is 21.4. The molecule has 8 heteroatoms. The molecule has 27 heavy (non-hydrogen) atoms. The number of carbonyl (C=O) groups excluding carboxylic acids is 2. The first-order chi connectivity index (χ1) is 12.9. The molecule has 0 aromatic heterocycles. The maximum atomic E-state index is 12.7. The van der Waals surface area contributed by atoms with Gasteiger partial charge in [-0.15, -0.1) is 0 Å². The van der Waals surface area contributed by atoms with Gasteiger partial charge < -0.3 is 14.5 Å². The maximum absolute atomic E-state index is 12.7. The molecule has 2 saturated heterocycles. The third kappa shape index (κ3) is 4.73. The molecular weight excluding hydrogens is 361 g/mol. The highest BCUT2D eigenvalue weighted by molar-refractivity contribution is 5.90. The second kappa shape index (κ2) is 8.19. The van der Waals surface area contributed by atoms with E-state index in [2.05, 4.69) is 0 Å². The number of halogens is 3. The highest BCUT2D eigenvalue weighted by atomic mass is 19.4. The van der Waals surface area contributed by atoms with Crippen molar-refractivity contribution in [2.24, 2.45) is 5.92 Å². The first-order valence-corrected chi connectivity index (χ1v) is 9.20. The summed E-state index contributed by atoms with van der Waals surface area (Å²) in [5.74, 6) is -1.19. The van der Waals surface area contributed by atoms with E-state index in [1.54, 1.807) is 4.90 Å². The van der Waals surface area contributed by atoms with Gasteiger partial charge in [-0.05, 0) is 43.7 Å². The molecule has 1 atom stereocenters. The van der Waals surface area contributed by atoms with Crippen LogP contribution in [0.2, 0.25) is 0 Å². The molecule has 2 aliphatic rings. The molecule has 2 amide bonds. The third-order valence-electron chi connectivity index (χ3n) is 5.20. The summed E-state index contributed by atoms with van der Waals surface area (Å²) in [7, 11) is 0. The lowest BCUT2D eigenvalue weighted by atomic mass is 9.97. The van der Waals surface area contributed by atoms with E-state index in [0.717, 1.165) is 18.6 Å². The van der Waals surface area contributed by atoms with Gasteiger partial charge in [-0.3, -0.25) is 9.59 Å². The molecule has 0 saturated carbocycles. The van der Waals surface area contributed by atoms with Crippen LogP contribution < -0.4 is 4.74 Å². The molecule has 0 spiro atoms. The number of para-hydroxylation sites is 1. The van der Waals surface area contributed by atoms with E-state index < -0.39 is 18.1 Å². The Bertz CT molecular complexity index is 658. The zero-order valence-corrected chi connectivity index (χ0v) is 15.0. The summed E-state index contributed by atoms with van der Waals surface area (Å²) < 4.78 is 43.9. The molecule has 0 aliphatic carbocycles. The fraction of sp³-hybridized carbons (Fsp3) is 0.579. The van der Waals surface area contributed by atoms with Gasteiger partial charge in [-0.2, -0.15) is 13.2 Å². The summed E-state index contributed by atoms with van der Waals surface area (Å²) in [4.78, 5) is 26.5. The quantitative estimate of drug-likeness (QED) is 0.802. The van der Waals surface area contributed by atoms with Crippen molar-refractivity contribution in [1.82, 2.24) is 9.80 Å². The van der Waals surface area contributed by atoms with Gasteiger partial charge in [0.1, 0.15) is 11.8 Å². The zero-order valence-electron chi connectivity index (χ0n) is 15.0. The highest BCUT2D eigenvalue weighted by Gasteiger charge is 2.48. The molecule has 0 bridgehead atoms. The van der Waals surface area contributed by atoms with Crippen LogP contribution in [0.5, 0.6) is 5.75 Å². The number of nitrogens with zero attached hydrogens (tertiary/aromatic N) is 2. The smallest absolute Gasteiger partial charge is 0.471 e. The fourth-order valence-electron chi connectivity index (χ4n) is 3.69. The number of hydrogen-bond donors (Lipinski definition) is 0. The van der Waals surface area contributed by atoms with Crippen LogP contribution in [0.25, 0.3) is 0 Å². The standard InChI is InChI=1S/C19H23F3N2O3/c20-19(21,22)18(26)24-10-4-7-16(24)17(25)23-11-8-14(9-12-23)13-27-15-5-2-1-3-6-15/h1-3,5-6,14,16H,4,7-13H2. The van der Waals surface area contributed by atoms with Gasteiger partial charge in [0.2, 0.25) is 5.91 Å². The molecule has 0 N–H and O–H groups in total. The van der Waals surface area contributed by atoms with E-state index in [1.807, 2.05) is 30.3 Å². The number of hydrogen-bond acceptors (Lipinski definition) is 3. The summed E-state index contributed by atoms with van der Waals surface area (Å²) in [5.41, 5.74) is 0. The Morgan fingerprint density at radius 1 is 1.04 bits per heavy atom. The Morgan fingerprint density at radius 2 is 1.70 bits per heavy atom. The van der Waals surface area contributed by atoms with Crippen LogP contribution in [0.1, 0.15) is 25.7 Å². The Kier molecular flexibility index (Phi) is 5.92. The van der Waals surface area contributed by atoms with Gasteiger partial charge in [0, 0.05) is 19.6 Å². The molecule has 1 aromatic rings. The maximum Gasteiger partial charge on any atom is 0.471 e. The molecule has 5 nitrogen and oxygen atoms in total. The third-order valence-corrected chi connectivity index (χ3v) is 5.20. The SMILES string of the molecule is O=C(C1CCCN1C(=O)C(F)(F)F)N1CCC(COc2ccccc2)CC1. The summed E-state index contributed by atoms with van der Waals surface area (Å²) in [6, 6.07) is 8.47. The molecule has 1 aromatic carbocycles. The van der Waals surface area contributed by atoms with Crippen LogP contribution in [0.15, 0.2) is 30.3 Å². The van der Waals surface area contributed by atoms with Crippen LogP contribution in [0.4, 0.5) is 13.2 Å². The summed E-state index contributed by atoms with van der Waals surface area (Å²) in [6.07, 6.45) is -2.76. The van der Waals surface area contributed by atoms with Gasteiger partial charge in [-0.25, -0.2) is 0 Å². The second-order valence-corrected chi connectivity index (χ2v) is 7.05. The number of alkyl halides is 3. The lowest BCUT2D eigenvalue weighted by molar-refractivity contribution is -0.187. The minimum Gasteiger partial charge on any atom is -0.493 e. The Labute approximate surface area is 156 Å². The van der Waals surface area contributed by atoms with Crippen molar-refractivity contribution in [1.29, 1.82) is 0 Å². The summed E-state index contributed by atoms with van der Waals surface area (Å²) >= 11 is 0. The molecule has 2 heterocycles. The molecule has 3 rings (SSSR count). The van der Waals surface area contributed by atoms with E-state index in [0.29, 0.717) is 36.9 Å². The Balaban J connectivity index is 1.50. The molecule has 1 unspecified atom stereocenters. The number of ether oxygens (including phenoxy) is 1. The number of carbonyl (C=O) groups is 2. The Hall–Kier alpha value is -2.25.